The molecule has 8 nitrogen and oxygen atoms in total. The van der Waals surface area contributed by atoms with Gasteiger partial charge in [0.25, 0.3) is 11.8 Å². The summed E-state index contributed by atoms with van der Waals surface area (Å²) in [5, 5.41) is 5.58. The molecule has 0 bridgehead atoms. The van der Waals surface area contributed by atoms with E-state index in [-0.39, 0.29) is 19.3 Å². The summed E-state index contributed by atoms with van der Waals surface area (Å²) in [6.45, 7) is 0.230. The summed E-state index contributed by atoms with van der Waals surface area (Å²) in [4.78, 5) is 25.6. The summed E-state index contributed by atoms with van der Waals surface area (Å²) in [6, 6.07) is 19.0. The molecule has 0 radical (unpaired) electrons. The molecule has 0 unspecified atom stereocenters. The highest BCUT2D eigenvalue weighted by Crippen LogP contribution is 2.34. The monoisotopic (exact) mass is 418 g/mol. The zero-order valence-corrected chi connectivity index (χ0v) is 16.3. The summed E-state index contributed by atoms with van der Waals surface area (Å²) in [7, 11) is 0. The van der Waals surface area contributed by atoms with Crippen molar-refractivity contribution in [2.45, 2.75) is 6.10 Å². The minimum absolute atomic E-state index is 0.0778. The minimum Gasteiger partial charge on any atom is -0.485 e. The van der Waals surface area contributed by atoms with Crippen molar-refractivity contribution in [3.05, 3.63) is 72.3 Å². The smallest absolute Gasteiger partial charge is 0.269 e. The van der Waals surface area contributed by atoms with Crippen molar-refractivity contribution in [1.29, 1.82) is 0 Å². The Morgan fingerprint density at radius 2 is 1.52 bits per heavy atom. The number of para-hydroxylation sites is 3. The molecule has 0 saturated heterocycles. The fraction of sp³-hybridized carbons (Fsp3) is 0.130. The molecule has 2 heterocycles. The maximum atomic E-state index is 12.9. The molecular weight excluding hydrogens is 400 g/mol. The van der Waals surface area contributed by atoms with Gasteiger partial charge in [-0.25, -0.2) is 0 Å². The lowest BCUT2D eigenvalue weighted by Crippen LogP contribution is -2.40. The number of ether oxygens (including phenoxy) is 4. The van der Waals surface area contributed by atoms with Gasteiger partial charge in [0.2, 0.25) is 12.9 Å². The molecule has 2 aliphatic rings. The fourth-order valence-corrected chi connectivity index (χ4v) is 3.32. The molecule has 0 aromatic heterocycles. The predicted octanol–water partition coefficient (Wildman–Crippen LogP) is 3.45. The number of amides is 2. The van der Waals surface area contributed by atoms with Gasteiger partial charge in [0.1, 0.15) is 6.61 Å². The number of hydrogen-bond donors (Lipinski definition) is 2. The Hall–Kier alpha value is -4.20. The lowest BCUT2D eigenvalue weighted by atomic mass is 10.1. The van der Waals surface area contributed by atoms with E-state index in [4.69, 9.17) is 18.9 Å². The van der Waals surface area contributed by atoms with E-state index >= 15 is 0 Å². The summed E-state index contributed by atoms with van der Waals surface area (Å²) in [5.74, 6) is 1.51. The van der Waals surface area contributed by atoms with E-state index in [1.807, 2.05) is 6.07 Å². The molecule has 31 heavy (non-hydrogen) atoms. The second-order valence-electron chi connectivity index (χ2n) is 6.92. The summed E-state index contributed by atoms with van der Waals surface area (Å²) < 4.78 is 22.0. The number of carbonyl (C=O) groups is 2. The lowest BCUT2D eigenvalue weighted by Gasteiger charge is -2.25. The first-order chi connectivity index (χ1) is 15.2. The standard InChI is InChI=1S/C23H18N2O6/c26-22(24-14-9-10-18-20(11-14)30-13-29-18)15-5-1-2-6-16(15)25-23(27)21-12-28-17-7-3-4-8-19(17)31-21/h1-11,21H,12-13H2,(H,24,26)(H,25,27)/t21-/m0/s1. The Labute approximate surface area is 177 Å². The van der Waals surface area contributed by atoms with Crippen molar-refractivity contribution in [2.24, 2.45) is 0 Å². The molecule has 0 fully saturated rings. The van der Waals surface area contributed by atoms with Crippen LogP contribution < -0.4 is 29.6 Å². The van der Waals surface area contributed by atoms with Crippen molar-refractivity contribution in [3.63, 3.8) is 0 Å². The van der Waals surface area contributed by atoms with E-state index in [0.717, 1.165) is 0 Å². The highest BCUT2D eigenvalue weighted by Gasteiger charge is 2.28. The van der Waals surface area contributed by atoms with Crippen LogP contribution in [-0.4, -0.2) is 31.3 Å². The Balaban J connectivity index is 1.30. The van der Waals surface area contributed by atoms with Crippen LogP contribution >= 0.6 is 0 Å². The predicted molar refractivity (Wildman–Crippen MR) is 112 cm³/mol. The van der Waals surface area contributed by atoms with Crippen LogP contribution in [-0.2, 0) is 4.79 Å². The second kappa shape index (κ2) is 7.91. The first-order valence-corrected chi connectivity index (χ1v) is 9.67. The van der Waals surface area contributed by atoms with Crippen LogP contribution in [0.4, 0.5) is 11.4 Å². The quantitative estimate of drug-likeness (QED) is 0.674. The van der Waals surface area contributed by atoms with Crippen molar-refractivity contribution in [3.8, 4) is 23.0 Å². The van der Waals surface area contributed by atoms with Gasteiger partial charge >= 0.3 is 0 Å². The molecule has 2 amide bonds. The van der Waals surface area contributed by atoms with E-state index in [1.165, 1.54) is 0 Å². The molecule has 2 N–H and O–H groups in total. The number of nitrogens with one attached hydrogen (secondary N) is 2. The normalized spacial score (nSPS) is 15.8. The third-order valence-electron chi connectivity index (χ3n) is 4.86. The minimum atomic E-state index is -0.833. The highest BCUT2D eigenvalue weighted by atomic mass is 16.7. The van der Waals surface area contributed by atoms with Gasteiger partial charge in [-0.05, 0) is 36.4 Å². The van der Waals surface area contributed by atoms with Gasteiger partial charge in [0, 0.05) is 11.8 Å². The lowest BCUT2D eigenvalue weighted by molar-refractivity contribution is -0.125. The van der Waals surface area contributed by atoms with E-state index in [2.05, 4.69) is 10.6 Å². The number of fused-ring (bicyclic) bond motifs is 2. The molecule has 1 atom stereocenters. The zero-order valence-electron chi connectivity index (χ0n) is 16.3. The van der Waals surface area contributed by atoms with Crippen molar-refractivity contribution in [2.75, 3.05) is 24.0 Å². The molecule has 3 aromatic carbocycles. The fourth-order valence-electron chi connectivity index (χ4n) is 3.32. The molecule has 0 aliphatic carbocycles. The van der Waals surface area contributed by atoms with Crippen molar-refractivity contribution in [1.82, 2.24) is 0 Å². The first-order valence-electron chi connectivity index (χ1n) is 9.67. The molecule has 5 rings (SSSR count). The maximum absolute atomic E-state index is 12.9. The average molecular weight is 418 g/mol. The van der Waals surface area contributed by atoms with E-state index < -0.39 is 12.0 Å². The second-order valence-corrected chi connectivity index (χ2v) is 6.92. The van der Waals surface area contributed by atoms with Crippen molar-refractivity contribution >= 4 is 23.2 Å². The molecule has 8 heteroatoms. The summed E-state index contributed by atoms with van der Waals surface area (Å²) >= 11 is 0. The molecule has 0 spiro atoms. The van der Waals surface area contributed by atoms with Crippen molar-refractivity contribution < 1.29 is 28.5 Å². The SMILES string of the molecule is O=C(Nc1ccc2c(c1)OCO2)c1ccccc1NC(=O)[C@@H]1COc2ccccc2O1. The van der Waals surface area contributed by atoms with Crippen LogP contribution in [0.1, 0.15) is 10.4 Å². The van der Waals surface area contributed by atoms with Crippen LogP contribution in [0.15, 0.2) is 66.7 Å². The Kier molecular flexibility index (Phi) is 4.80. The van der Waals surface area contributed by atoms with E-state index in [0.29, 0.717) is 39.9 Å². The van der Waals surface area contributed by atoms with Gasteiger partial charge in [0.05, 0.1) is 11.3 Å². The van der Waals surface area contributed by atoms with Crippen LogP contribution in [0.3, 0.4) is 0 Å². The average Bonchev–Trinajstić information content (AvgIpc) is 3.27. The van der Waals surface area contributed by atoms with Crippen LogP contribution in [0, 0.1) is 0 Å². The van der Waals surface area contributed by atoms with E-state index in [1.54, 1.807) is 60.7 Å². The van der Waals surface area contributed by atoms with Gasteiger partial charge in [0.15, 0.2) is 23.0 Å². The molecule has 0 saturated carbocycles. The third-order valence-corrected chi connectivity index (χ3v) is 4.86. The number of anilines is 2. The topological polar surface area (TPSA) is 95.1 Å². The van der Waals surface area contributed by atoms with Crippen LogP contribution in [0.5, 0.6) is 23.0 Å². The largest absolute Gasteiger partial charge is 0.485 e. The summed E-state index contributed by atoms with van der Waals surface area (Å²) in [5.41, 5.74) is 1.23. The van der Waals surface area contributed by atoms with E-state index in [9.17, 15) is 9.59 Å². The maximum Gasteiger partial charge on any atom is 0.269 e. The zero-order chi connectivity index (χ0) is 21.2. The summed E-state index contributed by atoms with van der Waals surface area (Å²) in [6.07, 6.45) is -0.833. The molecule has 3 aromatic rings. The molecule has 2 aliphatic heterocycles. The van der Waals surface area contributed by atoms with Crippen LogP contribution in [0.25, 0.3) is 0 Å². The number of carbonyl (C=O) groups excluding carboxylic acids is 2. The van der Waals surface area contributed by atoms with Gasteiger partial charge in [-0.2, -0.15) is 0 Å². The Bertz CT molecular complexity index is 1160. The number of hydrogen-bond acceptors (Lipinski definition) is 6. The Morgan fingerprint density at radius 3 is 2.42 bits per heavy atom. The molecular formula is C23H18N2O6. The van der Waals surface area contributed by atoms with Gasteiger partial charge < -0.3 is 29.6 Å². The highest BCUT2D eigenvalue weighted by molar-refractivity contribution is 6.10. The number of rotatable bonds is 4. The van der Waals surface area contributed by atoms with Gasteiger partial charge in [-0.3, -0.25) is 9.59 Å². The first kappa shape index (κ1) is 18.8. The van der Waals surface area contributed by atoms with Crippen LogP contribution in [0.2, 0.25) is 0 Å². The number of benzene rings is 3. The molecule has 156 valence electrons. The Morgan fingerprint density at radius 1 is 0.774 bits per heavy atom. The van der Waals surface area contributed by atoms with Gasteiger partial charge in [-0.15, -0.1) is 0 Å². The van der Waals surface area contributed by atoms with Gasteiger partial charge in [-0.1, -0.05) is 24.3 Å². The third kappa shape index (κ3) is 3.83.